The monoisotopic (exact) mass is 391 g/mol. The summed E-state index contributed by atoms with van der Waals surface area (Å²) in [6, 6.07) is 3.40. The molecular weight excluding hydrogens is 370 g/mol. The van der Waals surface area contributed by atoms with Crippen molar-refractivity contribution >= 4 is 28.5 Å². The van der Waals surface area contributed by atoms with E-state index in [-0.39, 0.29) is 35.2 Å². The Morgan fingerprint density at radius 2 is 2.00 bits per heavy atom. The number of nitro groups is 1. The number of rotatable bonds is 7. The molecule has 150 valence electrons. The van der Waals surface area contributed by atoms with Crippen molar-refractivity contribution < 1.29 is 24.4 Å². The van der Waals surface area contributed by atoms with Crippen molar-refractivity contribution in [3.63, 3.8) is 0 Å². The van der Waals surface area contributed by atoms with Crippen LogP contribution in [-0.2, 0) is 9.53 Å². The Bertz CT molecular complexity index is 975. The highest BCUT2D eigenvalue weighted by Crippen LogP contribution is 2.21. The lowest BCUT2D eigenvalue weighted by Gasteiger charge is -2.21. The number of ether oxygens (including phenoxy) is 1. The van der Waals surface area contributed by atoms with Crippen molar-refractivity contribution in [3.8, 4) is 0 Å². The van der Waals surface area contributed by atoms with E-state index in [0.717, 1.165) is 12.1 Å². The Morgan fingerprint density at radius 1 is 1.32 bits per heavy atom. The molecule has 0 saturated heterocycles. The number of aromatic amines is 1. The van der Waals surface area contributed by atoms with Gasteiger partial charge in [0.15, 0.2) is 0 Å². The number of nitrogens with one attached hydrogen (secondary N) is 2. The van der Waals surface area contributed by atoms with Gasteiger partial charge in [0.1, 0.15) is 6.04 Å². The van der Waals surface area contributed by atoms with Crippen molar-refractivity contribution in [1.82, 2.24) is 10.3 Å². The number of aliphatic carboxylic acids is 1. The molecule has 0 spiro atoms. The molecule has 0 aliphatic rings. The molecule has 1 atom stereocenters. The molecule has 10 heteroatoms. The van der Waals surface area contributed by atoms with Crippen LogP contribution in [0.3, 0.4) is 0 Å². The van der Waals surface area contributed by atoms with Gasteiger partial charge in [-0.15, -0.1) is 0 Å². The summed E-state index contributed by atoms with van der Waals surface area (Å²) >= 11 is 0. The molecule has 0 radical (unpaired) electrons. The van der Waals surface area contributed by atoms with E-state index in [1.54, 1.807) is 0 Å². The lowest BCUT2D eigenvalue weighted by atomic mass is 10.1. The summed E-state index contributed by atoms with van der Waals surface area (Å²) in [5.74, 6) is -2.08. The number of nitrogens with zero attached hydrogens (tertiary/aromatic N) is 1. The number of carboxylic acid groups (broad SMARTS) is 1. The topological polar surface area (TPSA) is 152 Å². The Morgan fingerprint density at radius 3 is 2.57 bits per heavy atom. The molecule has 0 fully saturated rings. The summed E-state index contributed by atoms with van der Waals surface area (Å²) in [6.45, 7) is 5.55. The van der Waals surface area contributed by atoms with Crippen LogP contribution in [0.5, 0.6) is 0 Å². The number of amides is 1. The third-order valence-electron chi connectivity index (χ3n) is 3.83. The van der Waals surface area contributed by atoms with Crippen molar-refractivity contribution in [2.75, 3.05) is 6.61 Å². The minimum Gasteiger partial charge on any atom is -0.480 e. The van der Waals surface area contributed by atoms with Crippen molar-refractivity contribution in [1.29, 1.82) is 0 Å². The maximum atomic E-state index is 12.6. The lowest BCUT2D eigenvalue weighted by molar-refractivity contribution is -0.384. The minimum atomic E-state index is -1.26. The minimum absolute atomic E-state index is 0.0135. The first-order valence-corrected chi connectivity index (χ1v) is 8.47. The molecule has 1 amide bonds. The van der Waals surface area contributed by atoms with Crippen molar-refractivity contribution in [3.05, 3.63) is 50.3 Å². The first kappa shape index (κ1) is 21.0. The molecule has 10 nitrogen and oxygen atoms in total. The van der Waals surface area contributed by atoms with Gasteiger partial charge in [0.05, 0.1) is 16.1 Å². The van der Waals surface area contributed by atoms with E-state index in [9.17, 15) is 29.6 Å². The molecule has 28 heavy (non-hydrogen) atoms. The second-order valence-corrected chi connectivity index (χ2v) is 7.15. The van der Waals surface area contributed by atoms with Gasteiger partial charge in [-0.2, -0.15) is 0 Å². The summed E-state index contributed by atoms with van der Waals surface area (Å²) in [5, 5.41) is 22.8. The fourth-order valence-electron chi connectivity index (χ4n) is 2.52. The molecule has 1 aromatic carbocycles. The highest BCUT2D eigenvalue weighted by atomic mass is 16.6. The van der Waals surface area contributed by atoms with Gasteiger partial charge in [0.2, 0.25) is 5.56 Å². The lowest BCUT2D eigenvalue weighted by Crippen LogP contribution is -2.42. The number of carboxylic acids is 1. The molecule has 1 aromatic heterocycles. The SMILES string of the molecule is CC(C)(C)OCCC(NC(=O)c1cc(=O)[nH]c2ccc([N+](=O)[O-])cc12)C(=O)O. The number of non-ortho nitro benzene ring substituents is 1. The Balaban J connectivity index is 2.32. The summed E-state index contributed by atoms with van der Waals surface area (Å²) in [5.41, 5.74) is -1.23. The molecule has 0 aliphatic heterocycles. The number of H-pyrrole nitrogens is 1. The summed E-state index contributed by atoms with van der Waals surface area (Å²) in [4.78, 5) is 48.8. The fourth-order valence-corrected chi connectivity index (χ4v) is 2.52. The zero-order valence-electron chi connectivity index (χ0n) is 15.6. The highest BCUT2D eigenvalue weighted by molar-refractivity contribution is 6.07. The number of fused-ring (bicyclic) bond motifs is 1. The van der Waals surface area contributed by atoms with Crippen molar-refractivity contribution in [2.45, 2.75) is 38.8 Å². The van der Waals surface area contributed by atoms with E-state index < -0.39 is 34.0 Å². The first-order valence-electron chi connectivity index (χ1n) is 8.47. The van der Waals surface area contributed by atoms with E-state index in [4.69, 9.17) is 4.74 Å². The summed E-state index contributed by atoms with van der Waals surface area (Å²) in [7, 11) is 0. The van der Waals surface area contributed by atoms with Gasteiger partial charge in [0.25, 0.3) is 11.6 Å². The molecule has 1 unspecified atom stereocenters. The van der Waals surface area contributed by atoms with Crippen LogP contribution >= 0.6 is 0 Å². The van der Waals surface area contributed by atoms with Gasteiger partial charge in [-0.25, -0.2) is 4.79 Å². The molecule has 0 aliphatic carbocycles. The van der Waals surface area contributed by atoms with E-state index in [2.05, 4.69) is 10.3 Å². The normalized spacial score (nSPS) is 12.5. The molecule has 1 heterocycles. The quantitative estimate of drug-likeness (QED) is 0.481. The van der Waals surface area contributed by atoms with Crippen LogP contribution in [0.15, 0.2) is 29.1 Å². The largest absolute Gasteiger partial charge is 0.480 e. The van der Waals surface area contributed by atoms with Crippen LogP contribution in [0.25, 0.3) is 10.9 Å². The molecular formula is C18H21N3O7. The number of benzene rings is 1. The first-order chi connectivity index (χ1) is 13.0. The summed E-state index contributed by atoms with van der Waals surface area (Å²) in [6.07, 6.45) is 0.0135. The predicted octanol–water partition coefficient (Wildman–Crippen LogP) is 1.82. The third-order valence-corrected chi connectivity index (χ3v) is 3.83. The van der Waals surface area contributed by atoms with Crippen LogP contribution in [0, 0.1) is 10.1 Å². The van der Waals surface area contributed by atoms with Gasteiger partial charge in [-0.1, -0.05) is 0 Å². The van der Waals surface area contributed by atoms with Gasteiger partial charge in [0, 0.05) is 42.1 Å². The highest BCUT2D eigenvalue weighted by Gasteiger charge is 2.23. The number of hydrogen-bond donors (Lipinski definition) is 3. The average molecular weight is 391 g/mol. The smallest absolute Gasteiger partial charge is 0.326 e. The zero-order chi connectivity index (χ0) is 21.1. The maximum Gasteiger partial charge on any atom is 0.326 e. The van der Waals surface area contributed by atoms with E-state index in [0.29, 0.717) is 0 Å². The molecule has 2 rings (SSSR count). The number of carbonyl (C=O) groups excluding carboxylic acids is 1. The maximum absolute atomic E-state index is 12.6. The summed E-state index contributed by atoms with van der Waals surface area (Å²) < 4.78 is 5.48. The number of carbonyl (C=O) groups is 2. The van der Waals surface area contributed by atoms with Crippen LogP contribution in [0.1, 0.15) is 37.6 Å². The zero-order valence-corrected chi connectivity index (χ0v) is 15.6. The molecule has 3 N–H and O–H groups in total. The Hall–Kier alpha value is -3.27. The van der Waals surface area contributed by atoms with E-state index in [1.807, 2.05) is 20.8 Å². The van der Waals surface area contributed by atoms with Crippen LogP contribution in [0.2, 0.25) is 0 Å². The number of aromatic nitrogens is 1. The standard InChI is InChI=1S/C18H21N3O7/c1-18(2,3)28-7-6-14(17(24)25)20-16(23)12-9-15(22)19-13-5-4-10(21(26)27)8-11(12)13/h4-5,8-9,14H,6-7H2,1-3H3,(H,19,22)(H,20,23)(H,24,25). The fraction of sp³-hybridized carbons (Fsp3) is 0.389. The van der Waals surface area contributed by atoms with Gasteiger partial charge in [-0.05, 0) is 26.8 Å². The molecule has 2 aromatic rings. The second-order valence-electron chi connectivity index (χ2n) is 7.15. The molecule has 0 saturated carbocycles. The second kappa shape index (κ2) is 8.17. The van der Waals surface area contributed by atoms with E-state index >= 15 is 0 Å². The Kier molecular flexibility index (Phi) is 6.14. The average Bonchev–Trinajstić information content (AvgIpc) is 2.58. The van der Waals surface area contributed by atoms with Crippen LogP contribution in [0.4, 0.5) is 5.69 Å². The van der Waals surface area contributed by atoms with Gasteiger partial charge < -0.3 is 20.1 Å². The van der Waals surface area contributed by atoms with Crippen LogP contribution < -0.4 is 10.9 Å². The third kappa shape index (κ3) is 5.36. The predicted molar refractivity (Wildman–Crippen MR) is 100 cm³/mol. The molecule has 0 bridgehead atoms. The van der Waals surface area contributed by atoms with Crippen molar-refractivity contribution in [2.24, 2.45) is 0 Å². The Labute approximate surface area is 159 Å². The van der Waals surface area contributed by atoms with Crippen LogP contribution in [-0.4, -0.2) is 45.1 Å². The number of pyridine rings is 1. The number of hydrogen-bond acceptors (Lipinski definition) is 6. The number of nitro benzene ring substituents is 1. The van der Waals surface area contributed by atoms with Gasteiger partial charge in [-0.3, -0.25) is 19.7 Å². The van der Waals surface area contributed by atoms with E-state index in [1.165, 1.54) is 12.1 Å². The van der Waals surface area contributed by atoms with Gasteiger partial charge >= 0.3 is 5.97 Å².